The molecule has 1 aromatic carbocycles. The highest BCUT2D eigenvalue weighted by Gasteiger charge is 2.39. The molecule has 3 rings (SSSR count). The van der Waals surface area contributed by atoms with E-state index in [0.29, 0.717) is 0 Å². The van der Waals surface area contributed by atoms with Crippen molar-refractivity contribution in [2.45, 2.75) is 30.9 Å². The summed E-state index contributed by atoms with van der Waals surface area (Å²) in [5.41, 5.74) is -1.23. The highest BCUT2D eigenvalue weighted by atomic mass is 35.5. The normalized spacial score (nSPS) is 24.7. The van der Waals surface area contributed by atoms with Crippen LogP contribution in [0.25, 0.3) is 0 Å². The van der Waals surface area contributed by atoms with Crippen LogP contribution in [0.5, 0.6) is 0 Å². The number of aliphatic hydroxyl groups excluding tert-OH is 2. The molecular weight excluding hydrogens is 413 g/mol. The quantitative estimate of drug-likeness (QED) is 0.529. The monoisotopic (exact) mass is 429 g/mol. The molecule has 2 heterocycles. The van der Waals surface area contributed by atoms with E-state index in [1.807, 2.05) is 4.98 Å². The molecule has 1 fully saturated rings. The molecule has 0 aliphatic carbocycles. The predicted molar refractivity (Wildman–Crippen MR) is 101 cm³/mol. The molecule has 4 atom stereocenters. The number of aromatic amines is 1. The number of aromatic nitrogens is 2. The first-order chi connectivity index (χ1) is 13.3. The minimum atomic E-state index is -1.40. The van der Waals surface area contributed by atoms with Gasteiger partial charge in [0.1, 0.15) is 23.3 Å². The fraction of sp³-hybridized carbons (Fsp3) is 0.353. The average molecular weight is 430 g/mol. The molecule has 28 heavy (non-hydrogen) atoms. The lowest BCUT2D eigenvalue weighted by Gasteiger charge is -2.38. The van der Waals surface area contributed by atoms with Crippen molar-refractivity contribution in [2.24, 2.45) is 0 Å². The van der Waals surface area contributed by atoms with Crippen LogP contribution in [0.1, 0.15) is 10.4 Å². The molecule has 11 heteroatoms. The zero-order chi connectivity index (χ0) is 20.4. The molecule has 1 aromatic heterocycles. The molecular formula is C17H17Cl2N3O6. The van der Waals surface area contributed by atoms with Gasteiger partial charge < -0.3 is 20.3 Å². The second kappa shape index (κ2) is 8.46. The number of amides is 1. The SMILES string of the molecule is O=C(N[C@@H]1CO[C@H](Cn2cc(Cl)c(=O)[nH]c2=O)[C@@H](O)[C@H]1O)c1ccccc1Cl. The third-order valence-corrected chi connectivity index (χ3v) is 5.01. The van der Waals surface area contributed by atoms with E-state index in [9.17, 15) is 24.6 Å². The summed E-state index contributed by atoms with van der Waals surface area (Å²) >= 11 is 11.7. The van der Waals surface area contributed by atoms with Gasteiger partial charge >= 0.3 is 5.69 Å². The number of benzene rings is 1. The number of nitrogens with zero attached hydrogens (tertiary/aromatic N) is 1. The maximum absolute atomic E-state index is 12.3. The second-order valence-corrected chi connectivity index (χ2v) is 7.12. The number of halogens is 2. The van der Waals surface area contributed by atoms with Crippen molar-refractivity contribution in [1.82, 2.24) is 14.9 Å². The van der Waals surface area contributed by atoms with E-state index in [1.165, 1.54) is 6.07 Å². The van der Waals surface area contributed by atoms with Crippen molar-refractivity contribution in [3.05, 3.63) is 66.9 Å². The number of nitrogens with one attached hydrogen (secondary N) is 2. The zero-order valence-electron chi connectivity index (χ0n) is 14.3. The minimum absolute atomic E-state index is 0.106. The van der Waals surface area contributed by atoms with Gasteiger partial charge in [-0.2, -0.15) is 0 Å². The van der Waals surface area contributed by atoms with Gasteiger partial charge in [0, 0.05) is 6.20 Å². The fourth-order valence-corrected chi connectivity index (χ4v) is 3.26. The Morgan fingerprint density at radius 1 is 1.21 bits per heavy atom. The first kappa shape index (κ1) is 20.6. The molecule has 0 radical (unpaired) electrons. The van der Waals surface area contributed by atoms with E-state index in [1.54, 1.807) is 18.2 Å². The largest absolute Gasteiger partial charge is 0.388 e. The van der Waals surface area contributed by atoms with Crippen molar-refractivity contribution in [2.75, 3.05) is 6.61 Å². The Bertz CT molecular complexity index is 991. The third kappa shape index (κ3) is 4.29. The summed E-state index contributed by atoms with van der Waals surface area (Å²) in [5.74, 6) is -0.521. The Labute approximate surface area is 168 Å². The number of H-pyrrole nitrogens is 1. The highest BCUT2D eigenvalue weighted by Crippen LogP contribution is 2.19. The number of carbonyl (C=O) groups excluding carboxylic acids is 1. The van der Waals surface area contributed by atoms with Gasteiger partial charge in [-0.3, -0.25) is 19.1 Å². The second-order valence-electron chi connectivity index (χ2n) is 6.30. The lowest BCUT2D eigenvalue weighted by Crippen LogP contribution is -2.60. The molecule has 0 saturated carbocycles. The van der Waals surface area contributed by atoms with Crippen LogP contribution in [0, 0.1) is 0 Å². The standard InChI is InChI=1S/C17H17Cl2N3O6/c18-9-4-2-1-3-8(9)15(25)20-11-7-28-12(14(24)13(11)23)6-22-5-10(19)16(26)21-17(22)27/h1-5,11-14,23-24H,6-7H2,(H,20,25)(H,21,26,27)/t11-,12-,13+,14-/m1/s1. The van der Waals surface area contributed by atoms with Crippen molar-refractivity contribution >= 4 is 29.1 Å². The van der Waals surface area contributed by atoms with Gasteiger partial charge in [-0.05, 0) is 12.1 Å². The van der Waals surface area contributed by atoms with Crippen LogP contribution in [-0.4, -0.2) is 56.6 Å². The van der Waals surface area contributed by atoms with Gasteiger partial charge in [-0.25, -0.2) is 4.79 Å². The molecule has 9 nitrogen and oxygen atoms in total. The maximum Gasteiger partial charge on any atom is 0.328 e. The Balaban J connectivity index is 1.68. The Morgan fingerprint density at radius 2 is 1.93 bits per heavy atom. The van der Waals surface area contributed by atoms with Gasteiger partial charge in [0.05, 0.1) is 29.8 Å². The van der Waals surface area contributed by atoms with Crippen LogP contribution in [-0.2, 0) is 11.3 Å². The number of hydrogen-bond acceptors (Lipinski definition) is 6. The van der Waals surface area contributed by atoms with Gasteiger partial charge in [0.25, 0.3) is 11.5 Å². The van der Waals surface area contributed by atoms with Crippen LogP contribution in [0.15, 0.2) is 40.1 Å². The predicted octanol–water partition coefficient (Wildman–Crippen LogP) is -0.237. The summed E-state index contributed by atoms with van der Waals surface area (Å²) in [7, 11) is 0. The molecule has 1 aliphatic rings. The Morgan fingerprint density at radius 3 is 2.64 bits per heavy atom. The minimum Gasteiger partial charge on any atom is -0.388 e. The van der Waals surface area contributed by atoms with Crippen molar-refractivity contribution in [3.8, 4) is 0 Å². The van der Waals surface area contributed by atoms with Gasteiger partial charge in [0.15, 0.2) is 0 Å². The molecule has 2 aromatic rings. The molecule has 0 bridgehead atoms. The summed E-state index contributed by atoms with van der Waals surface area (Å²) < 4.78 is 6.58. The van der Waals surface area contributed by atoms with E-state index < -0.39 is 41.5 Å². The summed E-state index contributed by atoms with van der Waals surface area (Å²) in [6, 6.07) is 5.52. The van der Waals surface area contributed by atoms with Crippen molar-refractivity contribution in [3.63, 3.8) is 0 Å². The first-order valence-corrected chi connectivity index (χ1v) is 9.06. The van der Waals surface area contributed by atoms with Crippen LogP contribution in [0.2, 0.25) is 10.0 Å². The molecule has 1 aliphatic heterocycles. The van der Waals surface area contributed by atoms with Crippen LogP contribution in [0.4, 0.5) is 0 Å². The number of carbonyl (C=O) groups is 1. The molecule has 1 saturated heterocycles. The maximum atomic E-state index is 12.3. The lowest BCUT2D eigenvalue weighted by molar-refractivity contribution is -0.152. The number of hydrogen-bond donors (Lipinski definition) is 4. The Hall–Kier alpha value is -2.17. The van der Waals surface area contributed by atoms with Crippen molar-refractivity contribution in [1.29, 1.82) is 0 Å². The smallest absolute Gasteiger partial charge is 0.328 e. The van der Waals surface area contributed by atoms with Crippen LogP contribution in [0.3, 0.4) is 0 Å². The summed E-state index contributed by atoms with van der Waals surface area (Å²) in [5, 5.41) is 23.3. The van der Waals surface area contributed by atoms with Crippen LogP contribution < -0.4 is 16.6 Å². The summed E-state index contributed by atoms with van der Waals surface area (Å²) in [6.07, 6.45) is -2.58. The summed E-state index contributed by atoms with van der Waals surface area (Å²) in [6.45, 7) is -0.260. The van der Waals surface area contributed by atoms with E-state index >= 15 is 0 Å². The van der Waals surface area contributed by atoms with Gasteiger partial charge in [0.2, 0.25) is 0 Å². The van der Waals surface area contributed by atoms with Gasteiger partial charge in [-0.1, -0.05) is 35.3 Å². The summed E-state index contributed by atoms with van der Waals surface area (Å²) in [4.78, 5) is 37.5. The average Bonchev–Trinajstić information content (AvgIpc) is 2.65. The number of rotatable bonds is 4. The lowest BCUT2D eigenvalue weighted by atomic mass is 9.97. The number of ether oxygens (including phenoxy) is 1. The van der Waals surface area contributed by atoms with Crippen LogP contribution >= 0.6 is 23.2 Å². The molecule has 1 amide bonds. The van der Waals surface area contributed by atoms with Gasteiger partial charge in [-0.15, -0.1) is 0 Å². The van der Waals surface area contributed by atoms with Crippen molar-refractivity contribution < 1.29 is 19.7 Å². The first-order valence-electron chi connectivity index (χ1n) is 8.30. The fourth-order valence-electron chi connectivity index (χ4n) is 2.87. The van der Waals surface area contributed by atoms with E-state index in [-0.39, 0.29) is 28.8 Å². The topological polar surface area (TPSA) is 134 Å². The zero-order valence-corrected chi connectivity index (χ0v) is 15.9. The highest BCUT2D eigenvalue weighted by molar-refractivity contribution is 6.33. The van der Waals surface area contributed by atoms with E-state index in [4.69, 9.17) is 27.9 Å². The van der Waals surface area contributed by atoms with E-state index in [2.05, 4.69) is 5.32 Å². The third-order valence-electron chi connectivity index (χ3n) is 4.41. The number of aliphatic hydroxyl groups is 2. The molecule has 4 N–H and O–H groups in total. The molecule has 0 spiro atoms. The molecule has 0 unspecified atom stereocenters. The van der Waals surface area contributed by atoms with E-state index in [0.717, 1.165) is 10.8 Å². The molecule has 150 valence electrons. The Kier molecular flexibility index (Phi) is 6.21.